The molecule has 8 N–H and O–H groups in total. The lowest BCUT2D eigenvalue weighted by Gasteiger charge is -2.51. The number of carbonyl (C=O) groups is 2. The van der Waals surface area contributed by atoms with E-state index >= 15 is 0 Å². The molecule has 780 valence electrons. The van der Waals surface area contributed by atoms with Crippen molar-refractivity contribution in [1.29, 1.82) is 0 Å². The third kappa shape index (κ3) is 23.8. The molecule has 0 amide bonds. The normalized spacial score (nSPS) is 45.2. The highest BCUT2D eigenvalue weighted by molar-refractivity contribution is 9.10. The van der Waals surface area contributed by atoms with Crippen molar-refractivity contribution in [3.63, 3.8) is 0 Å². The number of aromatic nitrogens is 2. The minimum absolute atomic E-state index is 0.00708. The van der Waals surface area contributed by atoms with Gasteiger partial charge in [-0.3, -0.25) is 24.5 Å². The minimum Gasteiger partial charge on any atom is -0.462 e. The molecule has 0 radical (unpaired) electrons. The molecule has 1 aromatic heterocycles. The average Bonchev–Trinajstić information content (AvgIpc) is 1.56. The number of hydrogen-bond acceptors (Lipinski definition) is 33. The zero-order chi connectivity index (χ0) is 100. The number of fused-ring (bicyclic) bond motifs is 5. The summed E-state index contributed by atoms with van der Waals surface area (Å²) in [6.45, 7) is 34.2. The Morgan fingerprint density at radius 2 is 0.979 bits per heavy atom. The van der Waals surface area contributed by atoms with E-state index in [-0.39, 0.29) is 67.6 Å². The number of benzene rings is 1. The maximum Gasteiger partial charge on any atom is 0.316 e. The number of hydrogen-bond donors (Lipinski definition) is 8. The zero-order valence-electron chi connectivity index (χ0n) is 85.2. The van der Waals surface area contributed by atoms with Gasteiger partial charge >= 0.3 is 11.9 Å². The summed E-state index contributed by atoms with van der Waals surface area (Å²) in [5.74, 6) is -3.45. The second-order valence-corrected chi connectivity index (χ2v) is 43.0. The predicted molar refractivity (Wildman–Crippen MR) is 521 cm³/mol. The highest BCUT2D eigenvalue weighted by Crippen LogP contribution is 2.52. The SMILES string of the molecule is Brc1c(NC2=NCCN2)ccc2nccnc12.CC[C@H](C)[C@H]1O[C@]2(CC[C@@H]1C)C[C@@H]1C[C@@H](C/C=C(\C)[C@@H](O[C@H]3C[C@H](OC)[C@@H](O[C@H]4C[C@H](OC)[C@@H](O)[C@H](C)O4)[C@H](C)O3)[C@@H](C)/C=C/C=C3\CO[C@@H]4[C@H](O)C(C)=C[C@@H](C(=O)O1)[C@]34O)O2.CO[C@H]1C[C@H](O[C@H]2[C@H](C)O[C@@H](O[C@@H]3/C(C)=C/C[C@@H]4C[C@@H](C[C@]5(CC[C@H](C)[C@@H](C(C)C)O5)O4)OC(=O)[C@@H]4C=C(C)[C@@H](O)[C@H]5OC/C(=C\C=C\[C@@H]3C)[C@]54O)C[C@@H]2OC)O[C@@H](C)[C@@H]1O. The van der Waals surface area contributed by atoms with Gasteiger partial charge in [0.2, 0.25) is 0 Å². The molecule has 15 aliphatic rings. The molecule has 2 aliphatic carbocycles. The summed E-state index contributed by atoms with van der Waals surface area (Å²) >= 11 is 3.54. The molecule has 39 atom stereocenters. The summed E-state index contributed by atoms with van der Waals surface area (Å²) in [4.78, 5) is 41.5. The minimum atomic E-state index is -1.82. The van der Waals surface area contributed by atoms with Gasteiger partial charge in [0.25, 0.3) is 0 Å². The lowest BCUT2D eigenvalue weighted by Crippen LogP contribution is -2.58. The standard InChI is InChI=1S/C48H74O14.C47H72O14.C11H10BrN5/c1-11-25(2)43-28(5)17-18-47(62-43)23-34-20-33(61-47)16-15-27(4)42(26(3)13-12-14-32-24-55-45-40(49)29(6)19-35(46(51)58-34)48(32,45)52)59-39-22-37(54-10)44(31(8)57-39)60-38-21-36(53-9)41(50)30(7)56-38;1-24(2)41-27(5)16-17-46(61-41)22-33-19-32(60-46)15-14-26(4)42(25(3)12-11-13-31-23-54-44-39(48)28(6)18-34(45(50)57-33)47(31,44)51)58-38-21-36(53-10)43(30(8)56-38)59-37-20-35(52-9)40(49)29(7)55-37;12-9-7(17-11-15-5-6-16-11)1-2-8-10(9)14-4-3-13-8/h12-15,19,25-26,28,30-31,33-45,49-50,52H,11,16-18,20-24H2,1-10H3;11-14,18,24-25,27,29-30,32-44,48-49,51H,15-17,19-23H2,1-10H3;1-4H,5-6H2,(H2,15,16,17)/b13-12+,27-15+,32-14+;12-11+,26-14+,31-13+;/t25-,26-,28-,30-,31-,33+,34-,35-,36-,37-,38-,39-,40+,41-,42-,43+,44-,45+,47+,48+;25-,27-,29-,30-,32+,33-,34-,35-,36-,37-,38-,39+,40-,41+,42-,43-,44+,46+,47+;/m00./s1. The van der Waals surface area contributed by atoms with Crippen LogP contribution in [0.3, 0.4) is 0 Å². The molecule has 0 unspecified atom stereocenters. The third-order valence-electron chi connectivity index (χ3n) is 31.8. The first-order valence-corrected chi connectivity index (χ1v) is 51.9. The summed E-state index contributed by atoms with van der Waals surface area (Å²) in [5.41, 5.74) is 3.02. The molecule has 17 rings (SSSR count). The molecule has 0 saturated carbocycles. The van der Waals surface area contributed by atoms with Gasteiger partial charge in [0.1, 0.15) is 89.6 Å². The monoisotopic (exact) mass is 2030 g/mol. The van der Waals surface area contributed by atoms with Gasteiger partial charge < -0.3 is 136 Å². The van der Waals surface area contributed by atoms with E-state index in [2.05, 4.69) is 123 Å². The quantitative estimate of drug-likeness (QED) is 0.0571. The predicted octanol–water partition coefficient (Wildman–Crippen LogP) is 12.6. The Labute approximate surface area is 833 Å². The molecule has 140 heavy (non-hydrogen) atoms. The highest BCUT2D eigenvalue weighted by atomic mass is 79.9. The largest absolute Gasteiger partial charge is 0.462 e. The van der Waals surface area contributed by atoms with Crippen molar-refractivity contribution in [2.24, 2.45) is 52.3 Å². The second kappa shape index (κ2) is 46.7. The van der Waals surface area contributed by atoms with Crippen molar-refractivity contribution in [2.45, 2.75) is 402 Å². The fourth-order valence-corrected chi connectivity index (χ4v) is 24.0. The summed E-state index contributed by atoms with van der Waals surface area (Å²) in [7, 11) is 6.45. The Morgan fingerprint density at radius 1 is 0.543 bits per heavy atom. The van der Waals surface area contributed by atoms with E-state index in [0.717, 1.165) is 70.7 Å². The van der Waals surface area contributed by atoms with Crippen LogP contribution in [-0.2, 0) is 104 Å². The number of rotatable bonds is 16. The van der Waals surface area contributed by atoms with Gasteiger partial charge in [0, 0.05) is 123 Å². The fraction of sp³-hybridized carbons (Fsp3) is 0.745. The van der Waals surface area contributed by atoms with Crippen molar-refractivity contribution >= 4 is 50.5 Å². The van der Waals surface area contributed by atoms with Crippen LogP contribution in [0.1, 0.15) is 207 Å². The van der Waals surface area contributed by atoms with E-state index < -0.39 is 182 Å². The van der Waals surface area contributed by atoms with Crippen LogP contribution in [0.4, 0.5) is 5.69 Å². The molecule has 2 spiro atoms. The number of aliphatic hydroxyl groups excluding tert-OH is 4. The molecule has 10 saturated heterocycles. The summed E-state index contributed by atoms with van der Waals surface area (Å²) < 4.78 is 129. The number of methoxy groups -OCH3 is 4. The number of allylic oxidation sites excluding steroid dienone is 4. The van der Waals surface area contributed by atoms with Crippen molar-refractivity contribution < 1.29 is 135 Å². The van der Waals surface area contributed by atoms with Crippen LogP contribution in [0.2, 0.25) is 0 Å². The Morgan fingerprint density at radius 3 is 1.42 bits per heavy atom. The summed E-state index contributed by atoms with van der Waals surface area (Å²) in [6.07, 6.45) is 15.4. The number of guanidine groups is 1. The first kappa shape index (κ1) is 108. The highest BCUT2D eigenvalue weighted by Gasteiger charge is 2.63. The summed E-state index contributed by atoms with van der Waals surface area (Å²) in [6, 6.07) is 3.90. The maximum atomic E-state index is 14.4. The number of nitrogens with zero attached hydrogens (tertiary/aromatic N) is 3. The van der Waals surface area contributed by atoms with Gasteiger partial charge in [-0.25, -0.2) is 0 Å². The molecular formula is C106H156BrN5O28. The van der Waals surface area contributed by atoms with Crippen LogP contribution in [-0.4, -0.2) is 308 Å². The number of nitrogens with one attached hydrogen (secondary N) is 2. The first-order chi connectivity index (χ1) is 66.8. The maximum absolute atomic E-state index is 14.4. The number of aliphatic imine (C=N–C) groups is 1. The van der Waals surface area contributed by atoms with Gasteiger partial charge in [0.05, 0.1) is 121 Å². The van der Waals surface area contributed by atoms with Crippen molar-refractivity contribution in [3.8, 4) is 0 Å². The molecular weight excluding hydrogens is 1870 g/mol. The van der Waals surface area contributed by atoms with E-state index in [1.165, 1.54) is 0 Å². The number of halogens is 1. The van der Waals surface area contributed by atoms with Crippen LogP contribution in [0.15, 0.2) is 128 Å². The van der Waals surface area contributed by atoms with Crippen molar-refractivity contribution in [3.05, 3.63) is 123 Å². The molecule has 33 nitrogen and oxygen atoms in total. The van der Waals surface area contributed by atoms with Gasteiger partial charge in [-0.15, -0.1) is 0 Å². The van der Waals surface area contributed by atoms with Crippen LogP contribution in [0.25, 0.3) is 11.0 Å². The molecule has 1 aromatic carbocycles. The van der Waals surface area contributed by atoms with Gasteiger partial charge in [0.15, 0.2) is 42.7 Å². The fourth-order valence-electron chi connectivity index (χ4n) is 23.5. The van der Waals surface area contributed by atoms with Crippen molar-refractivity contribution in [1.82, 2.24) is 15.3 Å². The Bertz CT molecular complexity index is 4840. The number of ether oxygens (including phenoxy) is 20. The van der Waals surface area contributed by atoms with Crippen LogP contribution < -0.4 is 10.6 Å². The molecule has 13 aliphatic heterocycles. The molecule has 10 fully saturated rings. The van der Waals surface area contributed by atoms with Crippen LogP contribution >= 0.6 is 15.9 Å². The van der Waals surface area contributed by atoms with Crippen molar-refractivity contribution in [2.75, 3.05) is 60.1 Å². The van der Waals surface area contributed by atoms with E-state index in [9.17, 15) is 40.2 Å². The van der Waals surface area contributed by atoms with E-state index in [4.69, 9.17) is 94.7 Å². The first-order valence-electron chi connectivity index (χ1n) is 51.1. The molecule has 2 aromatic rings. The lowest BCUT2D eigenvalue weighted by molar-refractivity contribution is -0.341. The van der Waals surface area contributed by atoms with Crippen LogP contribution in [0.5, 0.6) is 0 Å². The summed E-state index contributed by atoms with van der Waals surface area (Å²) in [5, 5.41) is 74.8. The number of carbonyl (C=O) groups excluding carboxylic acids is 2. The Hall–Kier alpha value is -5.79. The topological polar surface area (TPSA) is 402 Å². The number of anilines is 1. The lowest BCUT2D eigenvalue weighted by atomic mass is 9.71. The van der Waals surface area contributed by atoms with Crippen LogP contribution in [0, 0.1) is 47.3 Å². The number of esters is 2. The molecule has 4 bridgehead atoms. The smallest absolute Gasteiger partial charge is 0.316 e. The molecule has 14 heterocycles. The Balaban J connectivity index is 0.000000180. The molecule has 34 heteroatoms. The van der Waals surface area contributed by atoms with E-state index in [1.807, 2.05) is 50.3 Å². The van der Waals surface area contributed by atoms with Gasteiger partial charge in [-0.05, 0) is 166 Å². The van der Waals surface area contributed by atoms with E-state index in [1.54, 1.807) is 92.8 Å². The Kier molecular flexibility index (Phi) is 36.2. The second-order valence-electron chi connectivity index (χ2n) is 42.2. The third-order valence-corrected chi connectivity index (χ3v) is 32.6. The van der Waals surface area contributed by atoms with Gasteiger partial charge in [-0.2, -0.15) is 0 Å². The number of aliphatic hydroxyl groups is 6. The zero-order valence-corrected chi connectivity index (χ0v) is 86.8. The average molecular weight is 2030 g/mol. The van der Waals surface area contributed by atoms with E-state index in [0.29, 0.717) is 117 Å². The van der Waals surface area contributed by atoms with Gasteiger partial charge in [-0.1, -0.05) is 123 Å².